The molecule has 4 heteroatoms. The first-order valence-electron chi connectivity index (χ1n) is 5.62. The Balaban J connectivity index is 1.90. The van der Waals surface area contributed by atoms with Crippen LogP contribution in [0.5, 0.6) is 5.75 Å². The van der Waals surface area contributed by atoms with Gasteiger partial charge in [0.15, 0.2) is 0 Å². The van der Waals surface area contributed by atoms with E-state index in [1.54, 1.807) is 18.7 Å². The van der Waals surface area contributed by atoms with Gasteiger partial charge in [-0.25, -0.2) is 0 Å². The van der Waals surface area contributed by atoms with E-state index < -0.39 is 0 Å². The maximum atomic E-state index is 6.08. The molecule has 0 saturated carbocycles. The van der Waals surface area contributed by atoms with Gasteiger partial charge < -0.3 is 14.9 Å². The second kappa shape index (κ2) is 4.41. The summed E-state index contributed by atoms with van der Waals surface area (Å²) in [6.45, 7) is 0.369. The smallest absolute Gasteiger partial charge is 0.146 e. The highest BCUT2D eigenvalue weighted by Gasteiger charge is 2.06. The zero-order valence-electron chi connectivity index (χ0n) is 9.67. The Bertz CT molecular complexity index is 663. The number of pyridine rings is 1. The summed E-state index contributed by atoms with van der Waals surface area (Å²) in [7, 11) is 0. The van der Waals surface area contributed by atoms with Gasteiger partial charge in [-0.05, 0) is 30.3 Å². The highest BCUT2D eigenvalue weighted by atomic mass is 16.5. The quantitative estimate of drug-likeness (QED) is 0.715. The lowest BCUT2D eigenvalue weighted by Gasteiger charge is -2.09. The molecule has 0 spiro atoms. The molecule has 0 radical (unpaired) electrons. The third kappa shape index (κ3) is 1.88. The van der Waals surface area contributed by atoms with Gasteiger partial charge in [0, 0.05) is 23.2 Å². The molecule has 0 aliphatic heterocycles. The van der Waals surface area contributed by atoms with Gasteiger partial charge in [0.1, 0.15) is 18.1 Å². The van der Waals surface area contributed by atoms with Gasteiger partial charge in [0.05, 0.1) is 12.0 Å². The van der Waals surface area contributed by atoms with Gasteiger partial charge in [0.2, 0.25) is 0 Å². The molecular weight excluding hydrogens is 228 g/mol. The lowest BCUT2D eigenvalue weighted by atomic mass is 10.1. The van der Waals surface area contributed by atoms with Crippen LogP contribution in [0.2, 0.25) is 0 Å². The minimum atomic E-state index is 0.369. The fourth-order valence-electron chi connectivity index (χ4n) is 1.84. The second-order valence-corrected chi connectivity index (χ2v) is 3.94. The number of nitrogen functional groups attached to an aromatic ring is 1. The van der Waals surface area contributed by atoms with Gasteiger partial charge in [0.25, 0.3) is 0 Å². The molecule has 90 valence electrons. The normalized spacial score (nSPS) is 10.7. The maximum absolute atomic E-state index is 6.08. The predicted octanol–water partition coefficient (Wildman–Crippen LogP) is 2.99. The molecule has 0 atom stereocenters. The Morgan fingerprint density at radius 3 is 3.00 bits per heavy atom. The van der Waals surface area contributed by atoms with Gasteiger partial charge in [-0.2, -0.15) is 0 Å². The number of benzene rings is 1. The number of fused-ring (bicyclic) bond motifs is 1. The van der Waals surface area contributed by atoms with Crippen LogP contribution in [0.3, 0.4) is 0 Å². The van der Waals surface area contributed by atoms with E-state index >= 15 is 0 Å². The molecule has 2 N–H and O–H groups in total. The van der Waals surface area contributed by atoms with Gasteiger partial charge >= 0.3 is 0 Å². The first kappa shape index (κ1) is 10.7. The summed E-state index contributed by atoms with van der Waals surface area (Å²) in [6, 6.07) is 9.36. The lowest BCUT2D eigenvalue weighted by Crippen LogP contribution is -1.98. The van der Waals surface area contributed by atoms with Gasteiger partial charge in [-0.15, -0.1) is 0 Å². The molecule has 2 heterocycles. The largest absolute Gasteiger partial charge is 0.483 e. The molecule has 1 aromatic carbocycles. The van der Waals surface area contributed by atoms with E-state index in [4.69, 9.17) is 14.9 Å². The van der Waals surface area contributed by atoms with Crippen molar-refractivity contribution in [2.75, 3.05) is 5.73 Å². The number of anilines is 1. The van der Waals surface area contributed by atoms with Crippen molar-refractivity contribution in [1.29, 1.82) is 0 Å². The monoisotopic (exact) mass is 240 g/mol. The van der Waals surface area contributed by atoms with Crippen molar-refractivity contribution in [3.05, 3.63) is 54.7 Å². The van der Waals surface area contributed by atoms with E-state index in [1.165, 1.54) is 0 Å². The molecule has 3 rings (SSSR count). The summed E-state index contributed by atoms with van der Waals surface area (Å²) in [5.41, 5.74) is 6.70. The van der Waals surface area contributed by atoms with Crippen LogP contribution >= 0.6 is 0 Å². The average molecular weight is 240 g/mol. The molecule has 4 nitrogen and oxygen atoms in total. The van der Waals surface area contributed by atoms with Crippen molar-refractivity contribution >= 4 is 16.5 Å². The topological polar surface area (TPSA) is 61.3 Å². The first-order valence-corrected chi connectivity index (χ1v) is 5.62. The zero-order valence-corrected chi connectivity index (χ0v) is 9.67. The Labute approximate surface area is 104 Å². The third-order valence-corrected chi connectivity index (χ3v) is 2.77. The molecule has 0 aliphatic carbocycles. The molecule has 0 aliphatic rings. The zero-order chi connectivity index (χ0) is 12.4. The van der Waals surface area contributed by atoms with Crippen LogP contribution < -0.4 is 10.5 Å². The molecule has 0 unspecified atom stereocenters. The van der Waals surface area contributed by atoms with E-state index in [9.17, 15) is 0 Å². The molecular formula is C14H12N2O2. The van der Waals surface area contributed by atoms with Crippen LogP contribution in [0, 0.1) is 0 Å². The van der Waals surface area contributed by atoms with E-state index in [0.717, 1.165) is 16.5 Å². The predicted molar refractivity (Wildman–Crippen MR) is 69.2 cm³/mol. The van der Waals surface area contributed by atoms with Crippen molar-refractivity contribution in [3.63, 3.8) is 0 Å². The van der Waals surface area contributed by atoms with Gasteiger partial charge in [-0.1, -0.05) is 0 Å². The molecule has 0 amide bonds. The lowest BCUT2D eigenvalue weighted by molar-refractivity contribution is 0.272. The highest BCUT2D eigenvalue weighted by Crippen LogP contribution is 2.30. The Kier molecular flexibility index (Phi) is 2.61. The molecule has 0 saturated heterocycles. The average Bonchev–Trinajstić information content (AvgIpc) is 2.91. The van der Waals surface area contributed by atoms with Crippen molar-refractivity contribution in [1.82, 2.24) is 4.98 Å². The van der Waals surface area contributed by atoms with Crippen LogP contribution in [0.25, 0.3) is 10.8 Å². The van der Waals surface area contributed by atoms with Crippen LogP contribution in [0.1, 0.15) is 5.76 Å². The molecule has 3 aromatic rings. The summed E-state index contributed by atoms with van der Waals surface area (Å²) < 4.78 is 10.9. The molecule has 2 aromatic heterocycles. The number of furan rings is 1. The van der Waals surface area contributed by atoms with Crippen molar-refractivity contribution < 1.29 is 9.15 Å². The van der Waals surface area contributed by atoms with Crippen LogP contribution in [-0.2, 0) is 6.61 Å². The number of nitrogens with two attached hydrogens (primary N) is 1. The fourth-order valence-corrected chi connectivity index (χ4v) is 1.84. The standard InChI is InChI=1S/C14H12N2O2/c15-14-12-5-6-16-8-10(12)3-4-13(14)18-9-11-2-1-7-17-11/h1-8H,9,15H2. The Morgan fingerprint density at radius 2 is 2.17 bits per heavy atom. The molecule has 18 heavy (non-hydrogen) atoms. The van der Waals surface area contributed by atoms with Crippen LogP contribution in [0.15, 0.2) is 53.4 Å². The number of ether oxygens (including phenoxy) is 1. The Hall–Kier alpha value is -2.49. The van der Waals surface area contributed by atoms with Crippen molar-refractivity contribution in [2.24, 2.45) is 0 Å². The van der Waals surface area contributed by atoms with E-state index in [1.807, 2.05) is 30.3 Å². The van der Waals surface area contributed by atoms with Crippen molar-refractivity contribution in [2.45, 2.75) is 6.61 Å². The number of nitrogens with zero attached hydrogens (tertiary/aromatic N) is 1. The summed E-state index contributed by atoms with van der Waals surface area (Å²) in [6.07, 6.45) is 5.12. The maximum Gasteiger partial charge on any atom is 0.146 e. The summed E-state index contributed by atoms with van der Waals surface area (Å²) >= 11 is 0. The third-order valence-electron chi connectivity index (χ3n) is 2.77. The SMILES string of the molecule is Nc1c(OCc2ccco2)ccc2cnccc12. The minimum absolute atomic E-state index is 0.369. The van der Waals surface area contributed by atoms with Crippen LogP contribution in [-0.4, -0.2) is 4.98 Å². The van der Waals surface area contributed by atoms with Gasteiger partial charge in [-0.3, -0.25) is 4.98 Å². The summed E-state index contributed by atoms with van der Waals surface area (Å²) in [5.74, 6) is 1.43. The second-order valence-electron chi connectivity index (χ2n) is 3.94. The van der Waals surface area contributed by atoms with E-state index in [0.29, 0.717) is 18.0 Å². The number of hydrogen-bond donors (Lipinski definition) is 1. The highest BCUT2D eigenvalue weighted by molar-refractivity contribution is 5.95. The first-order chi connectivity index (χ1) is 8.84. The van der Waals surface area contributed by atoms with E-state index in [2.05, 4.69) is 4.98 Å². The fraction of sp³-hybridized carbons (Fsp3) is 0.0714. The number of aromatic nitrogens is 1. The van der Waals surface area contributed by atoms with Crippen LogP contribution in [0.4, 0.5) is 5.69 Å². The molecule has 0 fully saturated rings. The number of rotatable bonds is 3. The molecule has 0 bridgehead atoms. The summed E-state index contributed by atoms with van der Waals surface area (Å²) in [5, 5.41) is 1.95. The summed E-state index contributed by atoms with van der Waals surface area (Å²) in [4.78, 5) is 4.06. The Morgan fingerprint density at radius 1 is 1.22 bits per heavy atom. The minimum Gasteiger partial charge on any atom is -0.483 e. The van der Waals surface area contributed by atoms with E-state index in [-0.39, 0.29) is 0 Å². The van der Waals surface area contributed by atoms with Crippen molar-refractivity contribution in [3.8, 4) is 5.75 Å². The number of hydrogen-bond acceptors (Lipinski definition) is 4.